The van der Waals surface area contributed by atoms with Crippen molar-refractivity contribution in [1.29, 1.82) is 0 Å². The third-order valence-corrected chi connectivity index (χ3v) is 3.62. The van der Waals surface area contributed by atoms with Crippen LogP contribution in [0.25, 0.3) is 0 Å². The summed E-state index contributed by atoms with van der Waals surface area (Å²) in [5, 5.41) is 5.54. The highest BCUT2D eigenvalue weighted by molar-refractivity contribution is 9.10. The van der Waals surface area contributed by atoms with Gasteiger partial charge in [0.05, 0.1) is 0 Å². The van der Waals surface area contributed by atoms with Crippen molar-refractivity contribution in [3.05, 3.63) is 53.0 Å². The molecular weight excluding hydrogens is 372 g/mol. The first kappa shape index (κ1) is 18.0. The van der Waals surface area contributed by atoms with E-state index < -0.39 is 0 Å². The molecule has 2 aromatic carbocycles. The Labute approximate surface area is 149 Å². The highest BCUT2D eigenvalue weighted by Gasteiger charge is 2.06. The van der Waals surface area contributed by atoms with Gasteiger partial charge >= 0.3 is 0 Å². The van der Waals surface area contributed by atoms with Crippen molar-refractivity contribution in [2.45, 2.75) is 19.8 Å². The Balaban J connectivity index is 1.87. The molecule has 0 aromatic heterocycles. The topological polar surface area (TPSA) is 67.4 Å². The van der Waals surface area contributed by atoms with Gasteiger partial charge in [-0.3, -0.25) is 9.59 Å². The molecule has 0 unspecified atom stereocenters. The summed E-state index contributed by atoms with van der Waals surface area (Å²) in [6.45, 7) is 1.86. The third kappa shape index (κ3) is 6.04. The summed E-state index contributed by atoms with van der Waals surface area (Å²) in [6.07, 6.45) is 1.26. The smallest absolute Gasteiger partial charge is 0.262 e. The number of ether oxygens (including phenoxy) is 1. The van der Waals surface area contributed by atoms with E-state index in [1.807, 2.05) is 19.1 Å². The summed E-state index contributed by atoms with van der Waals surface area (Å²) in [4.78, 5) is 23.6. The van der Waals surface area contributed by atoms with Crippen molar-refractivity contribution in [1.82, 2.24) is 0 Å². The number of carbonyl (C=O) groups is 2. The van der Waals surface area contributed by atoms with Crippen LogP contribution in [0.4, 0.5) is 11.4 Å². The maximum Gasteiger partial charge on any atom is 0.262 e. The van der Waals surface area contributed by atoms with Crippen molar-refractivity contribution in [2.24, 2.45) is 0 Å². The van der Waals surface area contributed by atoms with Crippen molar-refractivity contribution >= 4 is 39.1 Å². The zero-order valence-corrected chi connectivity index (χ0v) is 14.9. The maximum atomic E-state index is 12.0. The first-order valence-corrected chi connectivity index (χ1v) is 8.44. The lowest BCUT2D eigenvalue weighted by atomic mass is 10.2. The van der Waals surface area contributed by atoms with E-state index in [4.69, 9.17) is 4.74 Å². The van der Waals surface area contributed by atoms with E-state index >= 15 is 0 Å². The molecule has 0 heterocycles. The zero-order chi connectivity index (χ0) is 17.4. The van der Waals surface area contributed by atoms with E-state index in [-0.39, 0.29) is 18.4 Å². The number of anilines is 2. The minimum absolute atomic E-state index is 0.0421. The molecule has 5 nitrogen and oxygen atoms in total. The average molecular weight is 391 g/mol. The summed E-state index contributed by atoms with van der Waals surface area (Å²) < 4.78 is 6.36. The van der Waals surface area contributed by atoms with Crippen LogP contribution in [0.3, 0.4) is 0 Å². The number of halogens is 1. The lowest BCUT2D eigenvalue weighted by Gasteiger charge is -2.09. The molecule has 2 amide bonds. The molecule has 0 bridgehead atoms. The minimum Gasteiger partial charge on any atom is -0.484 e. The van der Waals surface area contributed by atoms with Crippen LogP contribution in [-0.2, 0) is 9.59 Å². The fraction of sp³-hybridized carbons (Fsp3) is 0.222. The maximum absolute atomic E-state index is 12.0. The van der Waals surface area contributed by atoms with Gasteiger partial charge in [-0.05, 0) is 48.9 Å². The van der Waals surface area contributed by atoms with Gasteiger partial charge in [0.1, 0.15) is 5.75 Å². The van der Waals surface area contributed by atoms with Gasteiger partial charge in [-0.15, -0.1) is 0 Å². The molecular formula is C18H19BrN2O3. The fourth-order valence-corrected chi connectivity index (χ4v) is 2.27. The molecule has 0 fully saturated rings. The van der Waals surface area contributed by atoms with E-state index in [0.717, 1.165) is 10.9 Å². The molecule has 6 heteroatoms. The summed E-state index contributed by atoms with van der Waals surface area (Å²) in [7, 11) is 0. The predicted octanol–water partition coefficient (Wildman–Crippen LogP) is 4.21. The van der Waals surface area contributed by atoms with Crippen LogP contribution in [0, 0.1) is 0 Å². The third-order valence-electron chi connectivity index (χ3n) is 3.09. The SMILES string of the molecule is CCCC(=O)Nc1cccc(NC(=O)COc2ccc(Br)cc2)c1. The van der Waals surface area contributed by atoms with Crippen LogP contribution in [0.1, 0.15) is 19.8 Å². The summed E-state index contributed by atoms with van der Waals surface area (Å²) >= 11 is 3.34. The molecule has 0 saturated heterocycles. The predicted molar refractivity (Wildman–Crippen MR) is 98.2 cm³/mol. The van der Waals surface area contributed by atoms with Gasteiger partial charge < -0.3 is 15.4 Å². The highest BCUT2D eigenvalue weighted by Crippen LogP contribution is 2.17. The lowest BCUT2D eigenvalue weighted by Crippen LogP contribution is -2.20. The summed E-state index contributed by atoms with van der Waals surface area (Å²) in [5.74, 6) is 0.309. The number of hydrogen-bond donors (Lipinski definition) is 2. The second-order valence-electron chi connectivity index (χ2n) is 5.17. The largest absolute Gasteiger partial charge is 0.484 e. The minimum atomic E-state index is -0.269. The Kier molecular flexibility index (Phi) is 6.81. The van der Waals surface area contributed by atoms with Gasteiger partial charge in [-0.2, -0.15) is 0 Å². The fourth-order valence-electron chi connectivity index (χ4n) is 2.00. The van der Waals surface area contributed by atoms with Crippen LogP contribution in [0.5, 0.6) is 5.75 Å². The van der Waals surface area contributed by atoms with Crippen LogP contribution < -0.4 is 15.4 Å². The number of carbonyl (C=O) groups excluding carboxylic acids is 2. The van der Waals surface area contributed by atoms with Gasteiger partial charge in [-0.25, -0.2) is 0 Å². The van der Waals surface area contributed by atoms with E-state index in [1.165, 1.54) is 0 Å². The monoisotopic (exact) mass is 390 g/mol. The molecule has 126 valence electrons. The molecule has 2 aromatic rings. The van der Waals surface area contributed by atoms with Gasteiger partial charge in [0.15, 0.2) is 6.61 Å². The van der Waals surface area contributed by atoms with Crippen LogP contribution in [-0.4, -0.2) is 18.4 Å². The molecule has 0 spiro atoms. The van der Waals surface area contributed by atoms with E-state index in [1.54, 1.807) is 36.4 Å². The van der Waals surface area contributed by atoms with Crippen LogP contribution in [0.2, 0.25) is 0 Å². The van der Waals surface area contributed by atoms with E-state index in [0.29, 0.717) is 23.5 Å². The van der Waals surface area contributed by atoms with Crippen LogP contribution >= 0.6 is 15.9 Å². The molecule has 24 heavy (non-hydrogen) atoms. The van der Waals surface area contributed by atoms with Crippen LogP contribution in [0.15, 0.2) is 53.0 Å². The molecule has 2 rings (SSSR count). The van der Waals surface area contributed by atoms with E-state index in [2.05, 4.69) is 26.6 Å². The average Bonchev–Trinajstić information content (AvgIpc) is 2.55. The quantitative estimate of drug-likeness (QED) is 0.743. The Morgan fingerprint density at radius 2 is 1.62 bits per heavy atom. The molecule has 2 N–H and O–H groups in total. The number of amides is 2. The van der Waals surface area contributed by atoms with Gasteiger partial charge in [0.2, 0.25) is 5.91 Å². The van der Waals surface area contributed by atoms with Gasteiger partial charge in [0, 0.05) is 22.3 Å². The highest BCUT2D eigenvalue weighted by atomic mass is 79.9. The van der Waals surface area contributed by atoms with Crippen molar-refractivity contribution in [2.75, 3.05) is 17.2 Å². The lowest BCUT2D eigenvalue weighted by molar-refractivity contribution is -0.118. The summed E-state index contributed by atoms with van der Waals surface area (Å²) in [6, 6.07) is 14.3. The Hall–Kier alpha value is -2.34. The van der Waals surface area contributed by atoms with Gasteiger partial charge in [-0.1, -0.05) is 28.9 Å². The Morgan fingerprint density at radius 3 is 2.25 bits per heavy atom. The van der Waals surface area contributed by atoms with Crippen molar-refractivity contribution in [3.8, 4) is 5.75 Å². The number of hydrogen-bond acceptors (Lipinski definition) is 3. The van der Waals surface area contributed by atoms with Gasteiger partial charge in [0.25, 0.3) is 5.91 Å². The number of benzene rings is 2. The van der Waals surface area contributed by atoms with Crippen molar-refractivity contribution < 1.29 is 14.3 Å². The molecule has 0 radical (unpaired) electrons. The van der Waals surface area contributed by atoms with Crippen molar-refractivity contribution in [3.63, 3.8) is 0 Å². The second kappa shape index (κ2) is 9.08. The summed E-state index contributed by atoms with van der Waals surface area (Å²) in [5.41, 5.74) is 1.26. The molecule has 0 aliphatic rings. The molecule has 0 aliphatic carbocycles. The number of nitrogens with one attached hydrogen (secondary N) is 2. The number of rotatable bonds is 7. The molecule has 0 aliphatic heterocycles. The molecule has 0 saturated carbocycles. The normalized spacial score (nSPS) is 10.1. The first-order valence-electron chi connectivity index (χ1n) is 7.65. The molecule has 0 atom stereocenters. The van der Waals surface area contributed by atoms with E-state index in [9.17, 15) is 9.59 Å². The first-order chi connectivity index (χ1) is 11.6. The standard InChI is InChI=1S/C18H19BrN2O3/c1-2-4-17(22)20-14-5-3-6-15(11-14)21-18(23)12-24-16-9-7-13(19)8-10-16/h3,5-11H,2,4,12H2,1H3,(H,20,22)(H,21,23). The Morgan fingerprint density at radius 1 is 1.00 bits per heavy atom. The Bertz CT molecular complexity index is 702. The zero-order valence-electron chi connectivity index (χ0n) is 13.3. The second-order valence-corrected chi connectivity index (χ2v) is 6.09.